The molecule has 2 atom stereocenters. The van der Waals surface area contributed by atoms with Gasteiger partial charge in [0.25, 0.3) is 0 Å². The number of benzene rings is 4. The van der Waals surface area contributed by atoms with Gasteiger partial charge in [0, 0.05) is 0 Å². The first-order valence-corrected chi connectivity index (χ1v) is 28.9. The van der Waals surface area contributed by atoms with Crippen molar-refractivity contribution < 1.29 is 26.9 Å². The van der Waals surface area contributed by atoms with Crippen LogP contribution in [-0.4, -0.2) is 21.1 Å². The van der Waals surface area contributed by atoms with Gasteiger partial charge in [-0.05, 0) is 0 Å². The largest absolute Gasteiger partial charge is 0.147 e. The van der Waals surface area contributed by atoms with Crippen LogP contribution in [0.15, 0.2) is 96.1 Å². The molecule has 4 aromatic carbocycles. The Bertz CT molecular complexity index is 1670. The number of ether oxygens (including phenoxy) is 2. The number of fused-ring (bicyclic) bond motifs is 2. The monoisotopic (exact) mass is 720 g/mol. The number of rotatable bonds is 8. The minimum Gasteiger partial charge on any atom is -0.147 e. The Balaban J connectivity index is 0.00000221. The van der Waals surface area contributed by atoms with Crippen LogP contribution in [0.2, 0.25) is 9.26 Å². The molecule has 0 heterocycles. The van der Waals surface area contributed by atoms with Crippen molar-refractivity contribution in [3.63, 3.8) is 0 Å². The molecule has 44 heavy (non-hydrogen) atoms. The first kappa shape index (κ1) is 34.5. The van der Waals surface area contributed by atoms with Gasteiger partial charge < -0.3 is 0 Å². The third-order valence-electron chi connectivity index (χ3n) is 9.82. The van der Waals surface area contributed by atoms with E-state index in [9.17, 15) is 0 Å². The van der Waals surface area contributed by atoms with E-state index in [1.165, 1.54) is 33.4 Å². The van der Waals surface area contributed by atoms with Crippen molar-refractivity contribution in [1.29, 1.82) is 0 Å². The molecule has 6 rings (SSSR count). The molecule has 0 radical (unpaired) electrons. The smallest absolute Gasteiger partial charge is 0.147 e. The van der Waals surface area contributed by atoms with Crippen LogP contribution in [0.1, 0.15) is 56.2 Å². The molecule has 0 amide bonds. The van der Waals surface area contributed by atoms with E-state index in [0.717, 1.165) is 24.3 Å². The zero-order valence-electron chi connectivity index (χ0n) is 26.6. The van der Waals surface area contributed by atoms with Gasteiger partial charge >= 0.3 is 255 Å². The Morgan fingerprint density at radius 3 is 1.27 bits per heavy atom. The summed E-state index contributed by atoms with van der Waals surface area (Å²) in [6.07, 6.45) is 7.27. The van der Waals surface area contributed by atoms with Crippen LogP contribution in [0, 0.1) is 0 Å². The zero-order chi connectivity index (χ0) is 29.7. The van der Waals surface area contributed by atoms with Crippen molar-refractivity contribution in [2.75, 3.05) is 14.2 Å². The van der Waals surface area contributed by atoms with E-state index in [0.29, 0.717) is 7.25 Å². The number of halogens is 2. The predicted octanol–water partition coefficient (Wildman–Crippen LogP) is 10.6. The van der Waals surface area contributed by atoms with Crippen LogP contribution in [0.3, 0.4) is 0 Å². The Kier molecular flexibility index (Phi) is 10.3. The van der Waals surface area contributed by atoms with Crippen molar-refractivity contribution in [3.05, 3.63) is 118 Å². The summed E-state index contributed by atoms with van der Waals surface area (Å²) < 4.78 is 17.4. The van der Waals surface area contributed by atoms with Gasteiger partial charge in [-0.25, -0.2) is 0 Å². The van der Waals surface area contributed by atoms with Crippen molar-refractivity contribution in [2.24, 2.45) is 0 Å². The fraction of sp³-hybridized carbons (Fsp3) is 0.263. The van der Waals surface area contributed by atoms with E-state index in [4.69, 9.17) is 9.47 Å². The number of hydrogen-bond acceptors (Lipinski definition) is 2. The summed E-state index contributed by atoms with van der Waals surface area (Å²) in [7, 11) is 3.46. The van der Waals surface area contributed by atoms with Gasteiger partial charge in [0.15, 0.2) is 0 Å². The van der Waals surface area contributed by atoms with Crippen LogP contribution >= 0.6 is 24.8 Å². The fourth-order valence-corrected chi connectivity index (χ4v) is 28.2. The average molecular weight is 723 g/mol. The summed E-state index contributed by atoms with van der Waals surface area (Å²) in [5.74, 6) is 1.79. The Morgan fingerprint density at radius 2 is 0.955 bits per heavy atom. The zero-order valence-corrected chi connectivity index (χ0v) is 32.2. The molecule has 4 aromatic rings. The van der Waals surface area contributed by atoms with Crippen molar-refractivity contribution in [2.45, 2.75) is 43.2 Å². The molecule has 0 aromatic heterocycles. The Hall–Kier alpha value is -2.36. The third-order valence-corrected chi connectivity index (χ3v) is 27.3. The molecule has 2 unspecified atom stereocenters. The summed E-state index contributed by atoms with van der Waals surface area (Å²) in [5, 5.41) is 0. The molecule has 0 bridgehead atoms. The second-order valence-electron chi connectivity index (χ2n) is 13.0. The second-order valence-corrected chi connectivity index (χ2v) is 43.5. The van der Waals surface area contributed by atoms with E-state index in [1.807, 2.05) is 0 Å². The molecule has 6 heteroatoms. The Morgan fingerprint density at radius 1 is 0.591 bits per heavy atom. The predicted molar refractivity (Wildman–Crippen MR) is 194 cm³/mol. The molecule has 0 saturated carbocycles. The van der Waals surface area contributed by atoms with Crippen molar-refractivity contribution in [1.82, 2.24) is 0 Å². The standard InChI is InChI=1S/2C18H17O.2CH3.2ClH.H2Si.Zr/c2*1-3-13-11-15-5-4-6-17(18(15)12-13)14-7-9-16(19-2)10-8-14;;;;;;/h2*4-12H,3H2,1-2H3;2*1H3;2*1H;1H2;. The molecule has 0 saturated heterocycles. The maximum atomic E-state index is 5.45. The van der Waals surface area contributed by atoms with Gasteiger partial charge in [-0.2, -0.15) is 0 Å². The van der Waals surface area contributed by atoms with Crippen molar-refractivity contribution >= 4 is 43.8 Å². The topological polar surface area (TPSA) is 18.5 Å². The molecule has 0 fully saturated rings. The quantitative estimate of drug-likeness (QED) is 0.169. The first-order valence-electron chi connectivity index (χ1n) is 15.2. The van der Waals surface area contributed by atoms with E-state index >= 15 is 0 Å². The van der Waals surface area contributed by atoms with E-state index in [2.05, 4.69) is 127 Å². The van der Waals surface area contributed by atoms with Gasteiger partial charge in [-0.3, -0.25) is 0 Å². The summed E-state index contributed by atoms with van der Waals surface area (Å²) >= 11 is -3.63. The molecule has 2 aliphatic carbocycles. The molecular formula is C38H44Cl2O2SiZr. The molecule has 0 spiro atoms. The van der Waals surface area contributed by atoms with Crippen LogP contribution < -0.4 is 9.47 Å². The Labute approximate surface area is 278 Å². The number of methoxy groups -OCH3 is 2. The van der Waals surface area contributed by atoms with Crippen molar-refractivity contribution in [3.8, 4) is 33.8 Å². The van der Waals surface area contributed by atoms with Gasteiger partial charge in [-0.15, -0.1) is 24.8 Å². The van der Waals surface area contributed by atoms with Crippen LogP contribution in [0.25, 0.3) is 34.4 Å². The minimum atomic E-state index is -3.63. The maximum Gasteiger partial charge on any atom is -0.147 e. The third kappa shape index (κ3) is 5.73. The number of allylic oxidation sites excluding steroid dienone is 2. The number of hydrogen-bond donors (Lipinski definition) is 0. The summed E-state index contributed by atoms with van der Waals surface area (Å²) in [5.41, 5.74) is 14.3. The molecule has 2 nitrogen and oxygen atoms in total. The minimum absolute atomic E-state index is 0. The van der Waals surface area contributed by atoms with E-state index < -0.39 is 17.4 Å². The summed E-state index contributed by atoms with van der Waals surface area (Å²) in [6, 6.07) is 31.1. The van der Waals surface area contributed by atoms with Gasteiger partial charge in [-0.1, -0.05) is 0 Å². The SMILES string of the molecule is CCC1=Cc2c(-c3ccc(OC)cc3)cccc2[CH]1[Zr]([CH3])([CH3])(=[SiH2])[CH]1C(CC)=Cc2c(-c3ccc(OC)cc3)cccc21.Cl.Cl. The van der Waals surface area contributed by atoms with E-state index in [-0.39, 0.29) is 24.8 Å². The molecule has 0 N–H and O–H groups in total. The van der Waals surface area contributed by atoms with Gasteiger partial charge in [0.05, 0.1) is 0 Å². The molecular weight excluding hydrogens is 679 g/mol. The molecule has 0 aliphatic heterocycles. The van der Waals surface area contributed by atoms with E-state index in [1.54, 1.807) is 36.5 Å². The van der Waals surface area contributed by atoms with Crippen LogP contribution in [-0.2, 0) is 17.4 Å². The van der Waals surface area contributed by atoms with Gasteiger partial charge in [0.1, 0.15) is 0 Å². The summed E-state index contributed by atoms with van der Waals surface area (Å²) in [4.78, 5) is 0. The normalized spacial score (nSPS) is 17.0. The maximum absolute atomic E-state index is 5.45. The molecule has 230 valence electrons. The summed E-state index contributed by atoms with van der Waals surface area (Å²) in [6.45, 7) is 7.14. The van der Waals surface area contributed by atoms with Crippen LogP contribution in [0.5, 0.6) is 11.5 Å². The van der Waals surface area contributed by atoms with Crippen LogP contribution in [0.4, 0.5) is 0 Å². The average Bonchev–Trinajstić information content (AvgIpc) is 3.61. The molecule has 2 aliphatic rings. The fourth-order valence-electron chi connectivity index (χ4n) is 7.99. The second kappa shape index (κ2) is 13.2. The van der Waals surface area contributed by atoms with Gasteiger partial charge in [0.2, 0.25) is 0 Å². The first-order chi connectivity index (χ1) is 20.2.